The maximum atomic E-state index is 11.7. The molecule has 5 heteroatoms. The Bertz CT molecular complexity index is 418. The Kier molecular flexibility index (Phi) is 2.96. The number of allylic oxidation sites excluding steroid dienone is 1. The summed E-state index contributed by atoms with van der Waals surface area (Å²) >= 11 is 0. The van der Waals surface area contributed by atoms with Crippen molar-refractivity contribution in [3.05, 3.63) is 11.3 Å². The molecule has 0 spiro atoms. The fraction of sp³-hybridized carbons (Fsp3) is 0.700. The van der Waals surface area contributed by atoms with E-state index in [2.05, 4.69) is 0 Å². The highest BCUT2D eigenvalue weighted by atomic mass is 32.2. The van der Waals surface area contributed by atoms with Gasteiger partial charge in [0.05, 0.1) is 0 Å². The summed E-state index contributed by atoms with van der Waals surface area (Å²) in [5.74, 6) is -0.0248. The molecular weight excluding hydrogens is 214 g/mol. The maximum absolute atomic E-state index is 11.7. The first-order valence-electron chi connectivity index (χ1n) is 4.98. The Balaban J connectivity index is 3.44. The summed E-state index contributed by atoms with van der Waals surface area (Å²) in [6.45, 7) is 7.46. The normalized spacial score (nSPS) is 21.0. The van der Waals surface area contributed by atoms with Gasteiger partial charge in [0.2, 0.25) is 0 Å². The average Bonchev–Trinajstić information content (AvgIpc) is 2.26. The molecule has 0 atom stereocenters. The lowest BCUT2D eigenvalue weighted by Gasteiger charge is -2.18. The van der Waals surface area contributed by atoms with Crippen LogP contribution in [-0.2, 0) is 14.8 Å². The second-order valence-corrected chi connectivity index (χ2v) is 6.24. The molecule has 0 saturated heterocycles. The van der Waals surface area contributed by atoms with Gasteiger partial charge in [-0.3, -0.25) is 9.10 Å². The first-order valence-corrected chi connectivity index (χ1v) is 6.42. The molecule has 0 saturated carbocycles. The Morgan fingerprint density at radius 3 is 1.80 bits per heavy atom. The van der Waals surface area contributed by atoms with Crippen LogP contribution < -0.4 is 0 Å². The predicted molar refractivity (Wildman–Crippen MR) is 58.4 cm³/mol. The van der Waals surface area contributed by atoms with Gasteiger partial charge < -0.3 is 0 Å². The van der Waals surface area contributed by atoms with Crippen LogP contribution in [0, 0.1) is 11.8 Å². The molecule has 0 N–H and O–H groups in total. The van der Waals surface area contributed by atoms with E-state index in [4.69, 9.17) is 0 Å². The Hall–Kier alpha value is -0.840. The van der Waals surface area contributed by atoms with E-state index in [1.165, 1.54) is 7.05 Å². The lowest BCUT2D eigenvalue weighted by atomic mass is 9.96. The highest BCUT2D eigenvalue weighted by molar-refractivity contribution is 8.05. The molecule has 0 aromatic heterocycles. The van der Waals surface area contributed by atoms with Gasteiger partial charge in [-0.25, -0.2) is 0 Å². The van der Waals surface area contributed by atoms with Crippen LogP contribution in [0.5, 0.6) is 0 Å². The van der Waals surface area contributed by atoms with Gasteiger partial charge in [-0.2, -0.15) is 8.42 Å². The van der Waals surface area contributed by atoms with Crippen molar-refractivity contribution in [3.63, 3.8) is 0 Å². The van der Waals surface area contributed by atoms with Gasteiger partial charge in [0.25, 0.3) is 5.12 Å². The van der Waals surface area contributed by atoms with Gasteiger partial charge in [-0.05, 0) is 11.8 Å². The van der Waals surface area contributed by atoms with Crippen LogP contribution in [-0.4, -0.2) is 24.9 Å². The Morgan fingerprint density at radius 2 is 1.53 bits per heavy atom. The molecule has 86 valence electrons. The molecule has 0 aromatic carbocycles. The van der Waals surface area contributed by atoms with E-state index < -0.39 is 15.1 Å². The minimum Gasteiger partial charge on any atom is -0.274 e. The van der Waals surface area contributed by atoms with E-state index >= 15 is 0 Å². The molecule has 0 bridgehead atoms. The van der Waals surface area contributed by atoms with Crippen LogP contribution in [0.4, 0.5) is 0 Å². The molecule has 1 aliphatic heterocycles. The summed E-state index contributed by atoms with van der Waals surface area (Å²) < 4.78 is 24.4. The molecule has 0 amide bonds. The summed E-state index contributed by atoms with van der Waals surface area (Å²) in [4.78, 5) is 11.7. The monoisotopic (exact) mass is 231 g/mol. The minimum atomic E-state index is -3.77. The summed E-state index contributed by atoms with van der Waals surface area (Å²) in [5.41, 5.74) is 1.07. The molecule has 1 heterocycles. The van der Waals surface area contributed by atoms with Gasteiger partial charge in [0.15, 0.2) is 0 Å². The molecule has 15 heavy (non-hydrogen) atoms. The van der Waals surface area contributed by atoms with Crippen molar-refractivity contribution in [2.24, 2.45) is 11.8 Å². The second-order valence-electron chi connectivity index (χ2n) is 4.37. The lowest BCUT2D eigenvalue weighted by molar-refractivity contribution is -0.108. The van der Waals surface area contributed by atoms with Gasteiger partial charge in [-0.1, -0.05) is 27.7 Å². The number of carbonyl (C=O) groups is 1. The van der Waals surface area contributed by atoms with E-state index in [9.17, 15) is 13.2 Å². The third kappa shape index (κ3) is 1.69. The Morgan fingerprint density at radius 1 is 1.07 bits per heavy atom. The summed E-state index contributed by atoms with van der Waals surface area (Å²) in [7, 11) is -2.33. The molecular formula is C10H17NO3S. The van der Waals surface area contributed by atoms with Gasteiger partial charge in [0, 0.05) is 18.3 Å². The molecule has 1 aliphatic rings. The highest BCUT2D eigenvalue weighted by Crippen LogP contribution is 2.34. The minimum absolute atomic E-state index is 0.0358. The summed E-state index contributed by atoms with van der Waals surface area (Å²) in [6, 6.07) is 0. The second kappa shape index (κ2) is 3.63. The lowest BCUT2D eigenvalue weighted by Crippen LogP contribution is -2.26. The van der Waals surface area contributed by atoms with Crippen molar-refractivity contribution in [2.75, 3.05) is 7.05 Å². The number of nitrogens with zero attached hydrogens (tertiary/aromatic N) is 1. The zero-order valence-corrected chi connectivity index (χ0v) is 10.6. The van der Waals surface area contributed by atoms with Crippen LogP contribution >= 0.6 is 0 Å². The first-order chi connectivity index (χ1) is 6.71. The fourth-order valence-corrected chi connectivity index (χ4v) is 3.31. The smallest absolute Gasteiger partial charge is 0.274 e. The van der Waals surface area contributed by atoms with E-state index in [-0.39, 0.29) is 11.8 Å². The predicted octanol–water partition coefficient (Wildman–Crippen LogP) is 1.35. The fourth-order valence-electron chi connectivity index (χ4n) is 1.87. The van der Waals surface area contributed by atoms with Crippen molar-refractivity contribution in [1.29, 1.82) is 0 Å². The molecule has 0 unspecified atom stereocenters. The van der Waals surface area contributed by atoms with Crippen molar-refractivity contribution in [1.82, 2.24) is 4.31 Å². The van der Waals surface area contributed by atoms with Gasteiger partial charge >= 0.3 is 10.0 Å². The standard InChI is InChI=1S/C10H17NO3S/c1-6(2)8-9(7(3)4)11(5)15(13,14)10(8)12/h6-7H,1-5H3. The van der Waals surface area contributed by atoms with Crippen LogP contribution in [0.25, 0.3) is 0 Å². The number of hydrogen-bond donors (Lipinski definition) is 0. The molecule has 4 nitrogen and oxygen atoms in total. The third-order valence-electron chi connectivity index (χ3n) is 2.55. The molecule has 0 fully saturated rings. The van der Waals surface area contributed by atoms with E-state index in [0.717, 1.165) is 4.31 Å². The third-order valence-corrected chi connectivity index (χ3v) is 4.16. The Labute approximate surface area is 91.0 Å². The van der Waals surface area contributed by atoms with Crippen molar-refractivity contribution >= 4 is 15.1 Å². The van der Waals surface area contributed by atoms with Crippen LogP contribution in [0.15, 0.2) is 11.3 Å². The summed E-state index contributed by atoms with van der Waals surface area (Å²) in [5, 5.41) is -0.733. The highest BCUT2D eigenvalue weighted by Gasteiger charge is 2.43. The van der Waals surface area contributed by atoms with Crippen molar-refractivity contribution < 1.29 is 13.2 Å². The average molecular weight is 231 g/mol. The number of carbonyl (C=O) groups excluding carboxylic acids is 1. The van der Waals surface area contributed by atoms with Crippen LogP contribution in [0.1, 0.15) is 27.7 Å². The summed E-state index contributed by atoms with van der Waals surface area (Å²) in [6.07, 6.45) is 0. The number of rotatable bonds is 2. The number of sulfonamides is 1. The largest absolute Gasteiger partial charge is 0.302 e. The maximum Gasteiger partial charge on any atom is 0.302 e. The quantitative estimate of drug-likeness (QED) is 0.721. The zero-order valence-electron chi connectivity index (χ0n) is 9.73. The van der Waals surface area contributed by atoms with E-state index in [1.807, 2.05) is 27.7 Å². The molecule has 0 aliphatic carbocycles. The van der Waals surface area contributed by atoms with Gasteiger partial charge in [-0.15, -0.1) is 0 Å². The first kappa shape index (κ1) is 12.2. The SMILES string of the molecule is CC(C)C1=C(C(C)C)N(C)S(=O)(=O)C1=O. The van der Waals surface area contributed by atoms with Crippen LogP contribution in [0.2, 0.25) is 0 Å². The topological polar surface area (TPSA) is 54.5 Å². The molecule has 0 radical (unpaired) electrons. The van der Waals surface area contributed by atoms with Crippen LogP contribution in [0.3, 0.4) is 0 Å². The molecule has 0 aromatic rings. The number of hydrogen-bond acceptors (Lipinski definition) is 3. The van der Waals surface area contributed by atoms with Gasteiger partial charge in [0.1, 0.15) is 0 Å². The van der Waals surface area contributed by atoms with Crippen molar-refractivity contribution in [2.45, 2.75) is 27.7 Å². The zero-order chi connectivity index (χ0) is 12.0. The van der Waals surface area contributed by atoms with Crippen molar-refractivity contribution in [3.8, 4) is 0 Å². The molecule has 1 rings (SSSR count). The van der Waals surface area contributed by atoms with E-state index in [1.54, 1.807) is 0 Å². The van der Waals surface area contributed by atoms with E-state index in [0.29, 0.717) is 11.3 Å².